The first-order chi connectivity index (χ1) is 9.90. The van der Waals surface area contributed by atoms with Gasteiger partial charge in [-0.25, -0.2) is 4.39 Å². The summed E-state index contributed by atoms with van der Waals surface area (Å²) in [4.78, 5) is 0. The minimum Gasteiger partial charge on any atom is -0.493 e. The number of hydrogen-bond acceptors (Lipinski definition) is 3. The maximum atomic E-state index is 13.4. The van der Waals surface area contributed by atoms with E-state index in [4.69, 9.17) is 4.74 Å². The summed E-state index contributed by atoms with van der Waals surface area (Å²) in [7, 11) is 0. The summed E-state index contributed by atoms with van der Waals surface area (Å²) in [5, 5.41) is 3.07. The largest absolute Gasteiger partial charge is 0.493 e. The maximum Gasteiger partial charge on any atom is 0.411 e. The van der Waals surface area contributed by atoms with E-state index in [1.807, 2.05) is 6.92 Å². The first-order valence-electron chi connectivity index (χ1n) is 6.68. The second-order valence-corrected chi connectivity index (χ2v) is 4.45. The first-order valence-corrected chi connectivity index (χ1v) is 6.68. The van der Waals surface area contributed by atoms with Crippen molar-refractivity contribution in [3.8, 4) is 5.75 Å². The molecule has 1 aromatic rings. The topological polar surface area (TPSA) is 30.5 Å². The average molecular weight is 309 g/mol. The lowest BCUT2D eigenvalue weighted by atomic mass is 10.2. The second-order valence-electron chi connectivity index (χ2n) is 4.45. The van der Waals surface area contributed by atoms with Crippen LogP contribution < -0.4 is 10.1 Å². The lowest BCUT2D eigenvalue weighted by molar-refractivity contribution is -0.174. The third-order valence-corrected chi connectivity index (χ3v) is 2.48. The minimum atomic E-state index is -4.31. The molecule has 0 heterocycles. The van der Waals surface area contributed by atoms with Crippen LogP contribution >= 0.6 is 0 Å². The summed E-state index contributed by atoms with van der Waals surface area (Å²) in [6, 6.07) is 4.34. The number of benzene rings is 1. The molecule has 0 radical (unpaired) electrons. The Labute approximate surface area is 121 Å². The molecule has 0 fully saturated rings. The smallest absolute Gasteiger partial charge is 0.411 e. The van der Waals surface area contributed by atoms with Crippen LogP contribution in [0.15, 0.2) is 18.2 Å². The normalized spacial score (nSPS) is 11.7. The molecular formula is C14H19F4NO2. The van der Waals surface area contributed by atoms with Crippen molar-refractivity contribution in [2.24, 2.45) is 0 Å². The summed E-state index contributed by atoms with van der Waals surface area (Å²) >= 11 is 0. The van der Waals surface area contributed by atoms with Crippen molar-refractivity contribution in [2.75, 3.05) is 26.4 Å². The van der Waals surface area contributed by atoms with E-state index in [1.165, 1.54) is 12.1 Å². The molecular weight excluding hydrogens is 290 g/mol. The molecule has 0 bridgehead atoms. The summed E-state index contributed by atoms with van der Waals surface area (Å²) in [5.74, 6) is -0.0487. The van der Waals surface area contributed by atoms with Crippen LogP contribution in [-0.2, 0) is 11.3 Å². The van der Waals surface area contributed by atoms with Gasteiger partial charge in [0.25, 0.3) is 0 Å². The SMILES string of the molecule is CCNCc1cc(F)cc(OCCCOCC(F)(F)F)c1. The van der Waals surface area contributed by atoms with Gasteiger partial charge in [-0.1, -0.05) is 6.92 Å². The molecule has 21 heavy (non-hydrogen) atoms. The molecule has 7 heteroatoms. The van der Waals surface area contributed by atoms with Gasteiger partial charge in [-0.15, -0.1) is 0 Å². The van der Waals surface area contributed by atoms with E-state index in [-0.39, 0.29) is 13.2 Å². The van der Waals surface area contributed by atoms with Crippen LogP contribution in [0.4, 0.5) is 17.6 Å². The van der Waals surface area contributed by atoms with Gasteiger partial charge in [0.2, 0.25) is 0 Å². The Bertz CT molecular complexity index is 424. The van der Waals surface area contributed by atoms with Gasteiger partial charge in [0.15, 0.2) is 0 Å². The van der Waals surface area contributed by atoms with Crippen molar-refractivity contribution in [3.63, 3.8) is 0 Å². The summed E-state index contributed by atoms with van der Waals surface area (Å²) < 4.78 is 58.6. The quantitative estimate of drug-likeness (QED) is 0.561. The molecule has 1 N–H and O–H groups in total. The molecule has 0 aromatic heterocycles. The van der Waals surface area contributed by atoms with E-state index in [1.54, 1.807) is 6.07 Å². The van der Waals surface area contributed by atoms with Crippen LogP contribution in [-0.4, -0.2) is 32.5 Å². The fourth-order valence-corrected chi connectivity index (χ4v) is 1.61. The van der Waals surface area contributed by atoms with E-state index >= 15 is 0 Å². The van der Waals surface area contributed by atoms with Gasteiger partial charge in [-0.05, 0) is 24.2 Å². The molecule has 3 nitrogen and oxygen atoms in total. The molecule has 0 aliphatic rings. The summed E-state index contributed by atoms with van der Waals surface area (Å²) in [5.41, 5.74) is 0.750. The second kappa shape index (κ2) is 8.84. The Morgan fingerprint density at radius 1 is 1.14 bits per heavy atom. The predicted molar refractivity (Wildman–Crippen MR) is 70.8 cm³/mol. The van der Waals surface area contributed by atoms with E-state index < -0.39 is 18.6 Å². The molecule has 1 aromatic carbocycles. The van der Waals surface area contributed by atoms with Gasteiger partial charge >= 0.3 is 6.18 Å². The van der Waals surface area contributed by atoms with Gasteiger partial charge in [-0.3, -0.25) is 0 Å². The maximum absolute atomic E-state index is 13.4. The zero-order chi connectivity index (χ0) is 15.7. The Morgan fingerprint density at radius 3 is 2.57 bits per heavy atom. The molecule has 0 saturated heterocycles. The number of hydrogen-bond donors (Lipinski definition) is 1. The molecule has 0 aliphatic heterocycles. The predicted octanol–water partition coefficient (Wildman–Crippen LogP) is 3.28. The molecule has 0 amide bonds. The molecule has 120 valence electrons. The van der Waals surface area contributed by atoms with Gasteiger partial charge in [0, 0.05) is 19.0 Å². The molecule has 0 atom stereocenters. The third kappa shape index (κ3) is 8.52. The van der Waals surface area contributed by atoms with E-state index in [2.05, 4.69) is 10.1 Å². The number of alkyl halides is 3. The number of halogens is 4. The fraction of sp³-hybridized carbons (Fsp3) is 0.571. The van der Waals surface area contributed by atoms with Crippen molar-refractivity contribution in [2.45, 2.75) is 26.1 Å². The molecule has 0 spiro atoms. The zero-order valence-electron chi connectivity index (χ0n) is 11.8. The van der Waals surface area contributed by atoms with Crippen LogP contribution in [0.1, 0.15) is 18.9 Å². The third-order valence-electron chi connectivity index (χ3n) is 2.48. The van der Waals surface area contributed by atoms with Crippen LogP contribution in [0.25, 0.3) is 0 Å². The lowest BCUT2D eigenvalue weighted by Gasteiger charge is -2.10. The van der Waals surface area contributed by atoms with Crippen LogP contribution in [0.5, 0.6) is 5.75 Å². The van der Waals surface area contributed by atoms with E-state index in [9.17, 15) is 17.6 Å². The van der Waals surface area contributed by atoms with Crippen molar-refractivity contribution < 1.29 is 27.0 Å². The summed E-state index contributed by atoms with van der Waals surface area (Å²) in [6.07, 6.45) is -4.01. The highest BCUT2D eigenvalue weighted by atomic mass is 19.4. The van der Waals surface area contributed by atoms with Gasteiger partial charge in [-0.2, -0.15) is 13.2 Å². The minimum absolute atomic E-state index is 0.0565. The first kappa shape index (κ1) is 17.7. The Hall–Kier alpha value is -1.34. The lowest BCUT2D eigenvalue weighted by Crippen LogP contribution is -2.18. The Morgan fingerprint density at radius 2 is 1.90 bits per heavy atom. The van der Waals surface area contributed by atoms with Crippen LogP contribution in [0, 0.1) is 5.82 Å². The number of ether oxygens (including phenoxy) is 2. The highest BCUT2D eigenvalue weighted by molar-refractivity contribution is 5.29. The Balaban J connectivity index is 2.29. The van der Waals surface area contributed by atoms with Crippen molar-refractivity contribution in [3.05, 3.63) is 29.6 Å². The van der Waals surface area contributed by atoms with E-state index in [0.717, 1.165) is 12.1 Å². The van der Waals surface area contributed by atoms with E-state index in [0.29, 0.717) is 18.7 Å². The van der Waals surface area contributed by atoms with Crippen LogP contribution in [0.3, 0.4) is 0 Å². The summed E-state index contributed by atoms with van der Waals surface area (Å²) in [6.45, 7) is 2.08. The molecule has 0 unspecified atom stereocenters. The number of rotatable bonds is 9. The highest BCUT2D eigenvalue weighted by Gasteiger charge is 2.27. The average Bonchev–Trinajstić information content (AvgIpc) is 2.38. The van der Waals surface area contributed by atoms with Gasteiger partial charge in [0.05, 0.1) is 13.2 Å². The fourth-order valence-electron chi connectivity index (χ4n) is 1.61. The number of nitrogens with one attached hydrogen (secondary N) is 1. The highest BCUT2D eigenvalue weighted by Crippen LogP contribution is 2.17. The zero-order valence-corrected chi connectivity index (χ0v) is 11.8. The van der Waals surface area contributed by atoms with Crippen LogP contribution in [0.2, 0.25) is 0 Å². The molecule has 0 aliphatic carbocycles. The van der Waals surface area contributed by atoms with Gasteiger partial charge in [0.1, 0.15) is 18.2 Å². The Kier molecular flexibility index (Phi) is 7.45. The van der Waals surface area contributed by atoms with Crippen molar-refractivity contribution >= 4 is 0 Å². The molecule has 1 rings (SSSR count). The standard InChI is InChI=1S/C14H19F4NO2/c1-2-19-9-11-6-12(15)8-13(7-11)21-5-3-4-20-10-14(16,17)18/h6-8,19H,2-5,9-10H2,1H3. The van der Waals surface area contributed by atoms with Gasteiger partial charge < -0.3 is 14.8 Å². The molecule has 0 saturated carbocycles. The monoisotopic (exact) mass is 309 g/mol. The van der Waals surface area contributed by atoms with Crippen molar-refractivity contribution in [1.29, 1.82) is 0 Å². The van der Waals surface area contributed by atoms with Crippen molar-refractivity contribution in [1.82, 2.24) is 5.32 Å².